The van der Waals surface area contributed by atoms with Crippen LogP contribution in [0, 0.1) is 0 Å². The topological polar surface area (TPSA) is 38.3 Å². The molecule has 1 amide bonds. The molecule has 1 aromatic heterocycles. The van der Waals surface area contributed by atoms with E-state index in [0.29, 0.717) is 24.5 Å². The van der Waals surface area contributed by atoms with Gasteiger partial charge >= 0.3 is 0 Å². The minimum atomic E-state index is -0.0793. The van der Waals surface area contributed by atoms with Gasteiger partial charge in [-0.1, -0.05) is 49.4 Å². The molecule has 1 heterocycles. The summed E-state index contributed by atoms with van der Waals surface area (Å²) >= 11 is 1.66. The molecule has 3 rings (SSSR count). The van der Waals surface area contributed by atoms with Crippen molar-refractivity contribution in [2.24, 2.45) is 0 Å². The third-order valence-corrected chi connectivity index (χ3v) is 4.84. The molecule has 0 saturated carbocycles. The van der Waals surface area contributed by atoms with Crippen LogP contribution in [0.4, 0.5) is 0 Å². The second-order valence-electron chi connectivity index (χ2n) is 5.92. The predicted molar refractivity (Wildman–Crippen MR) is 102 cm³/mol. The van der Waals surface area contributed by atoms with Crippen molar-refractivity contribution < 1.29 is 9.53 Å². The summed E-state index contributed by atoms with van der Waals surface area (Å²) in [6.45, 7) is 3.23. The average Bonchev–Trinajstić information content (AvgIpc) is 3.19. The summed E-state index contributed by atoms with van der Waals surface area (Å²) in [6, 6.07) is 21.5. The van der Waals surface area contributed by atoms with Gasteiger partial charge in [-0.3, -0.25) is 4.79 Å². The fourth-order valence-corrected chi connectivity index (χ4v) is 3.14. The summed E-state index contributed by atoms with van der Waals surface area (Å²) in [5.74, 6) is 0.893. The van der Waals surface area contributed by atoms with Crippen LogP contribution in [0.2, 0.25) is 0 Å². The van der Waals surface area contributed by atoms with E-state index in [4.69, 9.17) is 4.74 Å². The van der Waals surface area contributed by atoms with Crippen LogP contribution in [0.15, 0.2) is 72.1 Å². The highest BCUT2D eigenvalue weighted by molar-refractivity contribution is 7.09. The van der Waals surface area contributed by atoms with Crippen LogP contribution in [-0.2, 0) is 6.61 Å². The number of amides is 1. The molecular weight excluding hydrogens is 330 g/mol. The molecule has 128 valence electrons. The van der Waals surface area contributed by atoms with Gasteiger partial charge < -0.3 is 10.1 Å². The quantitative estimate of drug-likeness (QED) is 0.660. The Morgan fingerprint density at radius 1 is 1.08 bits per heavy atom. The zero-order chi connectivity index (χ0) is 17.5. The van der Waals surface area contributed by atoms with Crippen LogP contribution >= 0.6 is 11.3 Å². The Kier molecular flexibility index (Phi) is 5.86. The van der Waals surface area contributed by atoms with E-state index in [1.54, 1.807) is 23.5 Å². The fourth-order valence-electron chi connectivity index (χ4n) is 2.52. The maximum atomic E-state index is 12.4. The molecule has 3 nitrogen and oxygen atoms in total. The van der Waals surface area contributed by atoms with Crippen LogP contribution in [-0.4, -0.2) is 12.5 Å². The number of hydrogen-bond acceptors (Lipinski definition) is 3. The summed E-state index contributed by atoms with van der Waals surface area (Å²) in [4.78, 5) is 13.6. The first-order valence-electron chi connectivity index (χ1n) is 8.31. The number of hydrogen-bond donors (Lipinski definition) is 1. The van der Waals surface area contributed by atoms with Crippen molar-refractivity contribution in [2.75, 3.05) is 6.54 Å². The van der Waals surface area contributed by atoms with Crippen molar-refractivity contribution in [3.05, 3.63) is 88.1 Å². The van der Waals surface area contributed by atoms with Gasteiger partial charge in [0.1, 0.15) is 12.4 Å². The van der Waals surface area contributed by atoms with E-state index in [1.165, 1.54) is 5.56 Å². The maximum absolute atomic E-state index is 12.4. The normalized spacial score (nSPS) is 11.7. The van der Waals surface area contributed by atoms with Gasteiger partial charge in [0.25, 0.3) is 5.91 Å². The molecule has 1 atom stereocenters. The zero-order valence-electron chi connectivity index (χ0n) is 14.1. The molecule has 4 heteroatoms. The lowest BCUT2D eigenvalue weighted by molar-refractivity contribution is 0.0951. The maximum Gasteiger partial charge on any atom is 0.251 e. The van der Waals surface area contributed by atoms with Gasteiger partial charge in [-0.15, -0.1) is 11.3 Å². The van der Waals surface area contributed by atoms with Gasteiger partial charge in [-0.2, -0.15) is 0 Å². The summed E-state index contributed by atoms with van der Waals surface area (Å²) in [7, 11) is 0. The van der Waals surface area contributed by atoms with Gasteiger partial charge in [-0.25, -0.2) is 0 Å². The Labute approximate surface area is 152 Å². The number of ether oxygens (including phenoxy) is 1. The highest BCUT2D eigenvalue weighted by atomic mass is 32.1. The molecule has 25 heavy (non-hydrogen) atoms. The van der Waals surface area contributed by atoms with Gasteiger partial charge in [0.15, 0.2) is 0 Å². The predicted octanol–water partition coefficient (Wildman–Crippen LogP) is 4.86. The first-order chi connectivity index (χ1) is 12.2. The Balaban J connectivity index is 1.55. The zero-order valence-corrected chi connectivity index (χ0v) is 15.0. The van der Waals surface area contributed by atoms with Gasteiger partial charge in [0.05, 0.1) is 0 Å². The van der Waals surface area contributed by atoms with Gasteiger partial charge in [-0.05, 0) is 41.1 Å². The van der Waals surface area contributed by atoms with Gasteiger partial charge in [0.2, 0.25) is 0 Å². The number of benzene rings is 2. The molecule has 0 bridgehead atoms. The Bertz CT molecular complexity index is 800. The number of thiophene rings is 1. The molecule has 0 aliphatic heterocycles. The second-order valence-corrected chi connectivity index (χ2v) is 6.95. The lowest BCUT2D eigenvalue weighted by Gasteiger charge is -2.13. The summed E-state index contributed by atoms with van der Waals surface area (Å²) < 4.78 is 5.77. The minimum Gasteiger partial charge on any atom is -0.488 e. The van der Waals surface area contributed by atoms with E-state index in [9.17, 15) is 4.79 Å². The van der Waals surface area contributed by atoms with Crippen LogP contribution < -0.4 is 10.1 Å². The number of rotatable bonds is 7. The lowest BCUT2D eigenvalue weighted by Crippen LogP contribution is -2.27. The van der Waals surface area contributed by atoms with Crippen molar-refractivity contribution in [1.82, 2.24) is 5.32 Å². The number of carbonyl (C=O) groups is 1. The van der Waals surface area contributed by atoms with Gasteiger partial charge in [0, 0.05) is 17.0 Å². The molecule has 0 aliphatic rings. The Hall–Kier alpha value is -2.59. The molecule has 0 saturated heterocycles. The van der Waals surface area contributed by atoms with E-state index in [2.05, 4.69) is 24.4 Å². The number of carbonyl (C=O) groups excluding carboxylic acids is 1. The second kappa shape index (κ2) is 8.49. The molecule has 0 radical (unpaired) electrons. The summed E-state index contributed by atoms with van der Waals surface area (Å²) in [5.41, 5.74) is 1.83. The van der Waals surface area contributed by atoms with E-state index in [0.717, 1.165) is 4.88 Å². The Morgan fingerprint density at radius 3 is 2.68 bits per heavy atom. The van der Waals surface area contributed by atoms with E-state index < -0.39 is 0 Å². The number of nitrogens with one attached hydrogen (secondary N) is 1. The van der Waals surface area contributed by atoms with Crippen molar-refractivity contribution >= 4 is 17.2 Å². The molecule has 0 aliphatic carbocycles. The Morgan fingerprint density at radius 2 is 1.92 bits per heavy atom. The third kappa shape index (κ3) is 4.94. The van der Waals surface area contributed by atoms with Crippen molar-refractivity contribution in [1.29, 1.82) is 0 Å². The minimum absolute atomic E-state index is 0.0793. The average molecular weight is 351 g/mol. The van der Waals surface area contributed by atoms with E-state index in [1.807, 2.05) is 47.8 Å². The molecule has 1 N–H and O–H groups in total. The molecule has 3 aromatic rings. The third-order valence-electron chi connectivity index (χ3n) is 3.99. The molecular formula is C21H21NO2S. The molecule has 2 aromatic carbocycles. The van der Waals surface area contributed by atoms with Crippen molar-refractivity contribution in [3.63, 3.8) is 0 Å². The largest absolute Gasteiger partial charge is 0.488 e. The lowest BCUT2D eigenvalue weighted by atomic mass is 10.0. The van der Waals surface area contributed by atoms with Crippen molar-refractivity contribution in [3.8, 4) is 5.75 Å². The van der Waals surface area contributed by atoms with Crippen LogP contribution in [0.1, 0.15) is 33.6 Å². The molecule has 1 unspecified atom stereocenters. The summed E-state index contributed by atoms with van der Waals surface area (Å²) in [5, 5.41) is 5.03. The first kappa shape index (κ1) is 17.2. The SMILES string of the molecule is CC(CNC(=O)c1cccc(OCc2cccs2)c1)c1ccccc1. The van der Waals surface area contributed by atoms with E-state index in [-0.39, 0.29) is 11.8 Å². The highest BCUT2D eigenvalue weighted by Crippen LogP contribution is 2.18. The highest BCUT2D eigenvalue weighted by Gasteiger charge is 2.10. The van der Waals surface area contributed by atoms with Crippen LogP contribution in [0.5, 0.6) is 5.75 Å². The monoisotopic (exact) mass is 351 g/mol. The van der Waals surface area contributed by atoms with E-state index >= 15 is 0 Å². The van der Waals surface area contributed by atoms with Crippen LogP contribution in [0.25, 0.3) is 0 Å². The smallest absolute Gasteiger partial charge is 0.251 e. The van der Waals surface area contributed by atoms with Crippen LogP contribution in [0.3, 0.4) is 0 Å². The molecule has 0 fully saturated rings. The van der Waals surface area contributed by atoms with Crippen molar-refractivity contribution in [2.45, 2.75) is 19.4 Å². The first-order valence-corrected chi connectivity index (χ1v) is 9.19. The standard InChI is InChI=1S/C21H21NO2S/c1-16(17-7-3-2-4-8-17)14-22-21(23)18-9-5-10-19(13-18)24-15-20-11-6-12-25-20/h2-13,16H,14-15H2,1H3,(H,22,23). The summed E-state index contributed by atoms with van der Waals surface area (Å²) in [6.07, 6.45) is 0. The fraction of sp³-hybridized carbons (Fsp3) is 0.190. The molecule has 0 spiro atoms.